The highest BCUT2D eigenvalue weighted by atomic mass is 15.0. The standard InChI is InChI=1S/C7H16N2/c1-6-5-8-3-4-9-7(6)2/h6-9H,3-5H2,1-2H3. The summed E-state index contributed by atoms with van der Waals surface area (Å²) in [6.45, 7) is 7.92. The smallest absolute Gasteiger partial charge is 0.00793 e. The monoisotopic (exact) mass is 128 g/mol. The van der Waals surface area contributed by atoms with Gasteiger partial charge in [0.1, 0.15) is 0 Å². The van der Waals surface area contributed by atoms with Crippen molar-refractivity contribution in [1.29, 1.82) is 0 Å². The van der Waals surface area contributed by atoms with Crippen molar-refractivity contribution in [3.8, 4) is 0 Å². The summed E-state index contributed by atoms with van der Waals surface area (Å²) in [4.78, 5) is 0. The van der Waals surface area contributed by atoms with Crippen LogP contribution in [0.3, 0.4) is 0 Å². The van der Waals surface area contributed by atoms with E-state index in [-0.39, 0.29) is 0 Å². The van der Waals surface area contributed by atoms with E-state index in [0.29, 0.717) is 6.04 Å². The normalized spacial score (nSPS) is 38.0. The molecule has 2 nitrogen and oxygen atoms in total. The Kier molecular flexibility index (Phi) is 2.49. The van der Waals surface area contributed by atoms with Crippen molar-refractivity contribution in [2.75, 3.05) is 19.6 Å². The fourth-order valence-corrected chi connectivity index (χ4v) is 1.10. The molecule has 1 rings (SSSR count). The van der Waals surface area contributed by atoms with Crippen molar-refractivity contribution in [1.82, 2.24) is 10.6 Å². The third-order valence-corrected chi connectivity index (χ3v) is 2.09. The first kappa shape index (κ1) is 7.03. The van der Waals surface area contributed by atoms with Crippen LogP contribution < -0.4 is 10.6 Å². The van der Waals surface area contributed by atoms with Gasteiger partial charge in [-0.25, -0.2) is 0 Å². The van der Waals surface area contributed by atoms with Gasteiger partial charge in [0, 0.05) is 19.1 Å². The van der Waals surface area contributed by atoms with E-state index >= 15 is 0 Å². The molecular formula is C7H16N2. The Labute approximate surface area is 57.0 Å². The predicted molar refractivity (Wildman–Crippen MR) is 39.5 cm³/mol. The van der Waals surface area contributed by atoms with Gasteiger partial charge in [-0.3, -0.25) is 0 Å². The van der Waals surface area contributed by atoms with Gasteiger partial charge in [-0.2, -0.15) is 0 Å². The molecule has 1 aliphatic heterocycles. The highest BCUT2D eigenvalue weighted by Gasteiger charge is 2.12. The number of rotatable bonds is 0. The molecule has 54 valence electrons. The maximum atomic E-state index is 3.43. The number of nitrogens with one attached hydrogen (secondary N) is 2. The van der Waals surface area contributed by atoms with Crippen LogP contribution in [0.25, 0.3) is 0 Å². The Hall–Kier alpha value is -0.0800. The second-order valence-electron chi connectivity index (χ2n) is 2.92. The van der Waals surface area contributed by atoms with E-state index in [1.165, 1.54) is 0 Å². The van der Waals surface area contributed by atoms with Gasteiger partial charge in [0.25, 0.3) is 0 Å². The minimum atomic E-state index is 0.681. The molecule has 1 heterocycles. The summed E-state index contributed by atoms with van der Waals surface area (Å²) in [5.41, 5.74) is 0. The fraction of sp³-hybridized carbons (Fsp3) is 1.00. The average molecular weight is 128 g/mol. The van der Waals surface area contributed by atoms with Crippen LogP contribution in [0.5, 0.6) is 0 Å². The van der Waals surface area contributed by atoms with Crippen LogP contribution in [0.4, 0.5) is 0 Å². The molecule has 0 bridgehead atoms. The maximum Gasteiger partial charge on any atom is 0.00793 e. The lowest BCUT2D eigenvalue weighted by Gasteiger charge is -2.15. The number of hydrogen-bond acceptors (Lipinski definition) is 2. The van der Waals surface area contributed by atoms with Crippen molar-refractivity contribution in [2.24, 2.45) is 5.92 Å². The Morgan fingerprint density at radius 3 is 2.78 bits per heavy atom. The van der Waals surface area contributed by atoms with Crippen LogP contribution in [0.2, 0.25) is 0 Å². The molecule has 0 saturated carbocycles. The SMILES string of the molecule is CC1CNCCNC1C. The van der Waals surface area contributed by atoms with Gasteiger partial charge in [-0.05, 0) is 19.4 Å². The summed E-state index contributed by atoms with van der Waals surface area (Å²) < 4.78 is 0. The van der Waals surface area contributed by atoms with E-state index in [4.69, 9.17) is 0 Å². The van der Waals surface area contributed by atoms with Gasteiger partial charge >= 0.3 is 0 Å². The zero-order chi connectivity index (χ0) is 6.69. The van der Waals surface area contributed by atoms with Gasteiger partial charge < -0.3 is 10.6 Å². The summed E-state index contributed by atoms with van der Waals surface area (Å²) in [6, 6.07) is 0.681. The number of hydrogen-bond donors (Lipinski definition) is 2. The van der Waals surface area contributed by atoms with Crippen LogP contribution in [-0.4, -0.2) is 25.7 Å². The van der Waals surface area contributed by atoms with Crippen LogP contribution in [0.1, 0.15) is 13.8 Å². The van der Waals surface area contributed by atoms with E-state index in [1.807, 2.05) is 0 Å². The van der Waals surface area contributed by atoms with Gasteiger partial charge in [0.2, 0.25) is 0 Å². The van der Waals surface area contributed by atoms with Crippen LogP contribution >= 0.6 is 0 Å². The molecule has 2 N–H and O–H groups in total. The lowest BCUT2D eigenvalue weighted by atomic mass is 10.1. The molecule has 1 fully saturated rings. The van der Waals surface area contributed by atoms with E-state index in [1.54, 1.807) is 0 Å². The Balaban J connectivity index is 2.32. The molecule has 0 aromatic carbocycles. The first-order valence-corrected chi connectivity index (χ1v) is 3.75. The Morgan fingerprint density at radius 1 is 1.22 bits per heavy atom. The second-order valence-corrected chi connectivity index (χ2v) is 2.92. The molecule has 1 aliphatic rings. The van der Waals surface area contributed by atoms with Crippen molar-refractivity contribution in [3.63, 3.8) is 0 Å². The fourth-order valence-electron chi connectivity index (χ4n) is 1.10. The molecule has 0 aromatic rings. The third kappa shape index (κ3) is 1.95. The minimum absolute atomic E-state index is 0.681. The average Bonchev–Trinajstić information content (AvgIpc) is 1.99. The first-order valence-electron chi connectivity index (χ1n) is 3.75. The summed E-state index contributed by atoms with van der Waals surface area (Å²) in [6.07, 6.45) is 0. The molecule has 0 radical (unpaired) electrons. The quantitative estimate of drug-likeness (QED) is 0.487. The van der Waals surface area contributed by atoms with Crippen LogP contribution in [0, 0.1) is 5.92 Å². The first-order chi connectivity index (χ1) is 4.30. The van der Waals surface area contributed by atoms with Crippen molar-refractivity contribution < 1.29 is 0 Å². The summed E-state index contributed by atoms with van der Waals surface area (Å²) in [7, 11) is 0. The van der Waals surface area contributed by atoms with E-state index in [2.05, 4.69) is 24.5 Å². The van der Waals surface area contributed by atoms with Gasteiger partial charge in [0.05, 0.1) is 0 Å². The summed E-state index contributed by atoms with van der Waals surface area (Å²) in [5.74, 6) is 0.771. The van der Waals surface area contributed by atoms with E-state index in [9.17, 15) is 0 Å². The molecule has 1 saturated heterocycles. The van der Waals surface area contributed by atoms with E-state index < -0.39 is 0 Å². The van der Waals surface area contributed by atoms with Crippen LogP contribution in [0.15, 0.2) is 0 Å². The van der Waals surface area contributed by atoms with Crippen molar-refractivity contribution >= 4 is 0 Å². The summed E-state index contributed by atoms with van der Waals surface area (Å²) >= 11 is 0. The zero-order valence-electron chi connectivity index (χ0n) is 6.28. The minimum Gasteiger partial charge on any atom is -0.315 e. The lowest BCUT2D eigenvalue weighted by Crippen LogP contribution is -2.32. The Bertz CT molecular complexity index is 73.0. The molecular weight excluding hydrogens is 112 g/mol. The molecule has 2 atom stereocenters. The molecule has 2 unspecified atom stereocenters. The molecule has 0 aliphatic carbocycles. The largest absolute Gasteiger partial charge is 0.315 e. The highest BCUT2D eigenvalue weighted by Crippen LogP contribution is 2.01. The molecule has 2 heteroatoms. The van der Waals surface area contributed by atoms with E-state index in [0.717, 1.165) is 25.6 Å². The third-order valence-electron chi connectivity index (χ3n) is 2.09. The van der Waals surface area contributed by atoms with Crippen molar-refractivity contribution in [3.05, 3.63) is 0 Å². The second kappa shape index (κ2) is 3.18. The zero-order valence-corrected chi connectivity index (χ0v) is 6.28. The van der Waals surface area contributed by atoms with Gasteiger partial charge in [0.15, 0.2) is 0 Å². The van der Waals surface area contributed by atoms with Gasteiger partial charge in [-0.1, -0.05) is 6.92 Å². The lowest BCUT2D eigenvalue weighted by molar-refractivity contribution is 0.432. The molecule has 0 spiro atoms. The highest BCUT2D eigenvalue weighted by molar-refractivity contribution is 4.74. The van der Waals surface area contributed by atoms with Crippen LogP contribution in [-0.2, 0) is 0 Å². The van der Waals surface area contributed by atoms with Crippen molar-refractivity contribution in [2.45, 2.75) is 19.9 Å². The van der Waals surface area contributed by atoms with Gasteiger partial charge in [-0.15, -0.1) is 0 Å². The topological polar surface area (TPSA) is 24.1 Å². The molecule has 0 amide bonds. The Morgan fingerprint density at radius 2 is 2.00 bits per heavy atom. The molecule has 0 aromatic heterocycles. The predicted octanol–water partition coefficient (Wildman–Crippen LogP) is 0.204. The molecule has 9 heavy (non-hydrogen) atoms. The summed E-state index contributed by atoms with van der Waals surface area (Å²) in [5, 5.41) is 6.80. The maximum absolute atomic E-state index is 3.43.